The van der Waals surface area contributed by atoms with Crippen LogP contribution in [-0.2, 0) is 18.7 Å². The zero-order valence-electron chi connectivity index (χ0n) is 16.4. The first-order valence-corrected chi connectivity index (χ1v) is 9.63. The molecule has 0 unspecified atom stereocenters. The Hall–Kier alpha value is -1.38. The van der Waals surface area contributed by atoms with Crippen molar-refractivity contribution >= 4 is 29.4 Å². The predicted molar refractivity (Wildman–Crippen MR) is 111 cm³/mol. The van der Waals surface area contributed by atoms with E-state index < -0.39 is 0 Å². The van der Waals surface area contributed by atoms with Gasteiger partial charge in [-0.3, -0.25) is 0 Å². The third-order valence-electron chi connectivity index (χ3n) is 4.78. The van der Waals surface area contributed by atoms with Crippen LogP contribution in [0, 0.1) is 13.8 Å². The second-order valence-electron chi connectivity index (χ2n) is 7.41. The number of rotatable bonds is 4. The topological polar surface area (TPSA) is 13.0 Å². The molecular weight excluding hydrogens is 412 g/mol. The fourth-order valence-corrected chi connectivity index (χ4v) is 4.45. The molecule has 0 aliphatic carbocycles. The van der Waals surface area contributed by atoms with Gasteiger partial charge >= 0.3 is 169 Å². The van der Waals surface area contributed by atoms with Gasteiger partial charge in [0.15, 0.2) is 0 Å². The van der Waals surface area contributed by atoms with E-state index in [2.05, 4.69) is 129 Å². The van der Waals surface area contributed by atoms with Gasteiger partial charge in [-0.15, -0.1) is 0 Å². The minimum atomic E-state index is 0.178. The molecule has 1 heterocycles. The van der Waals surface area contributed by atoms with Crippen molar-refractivity contribution in [1.29, 1.82) is 0 Å². The van der Waals surface area contributed by atoms with Gasteiger partial charge in [-0.1, -0.05) is 0 Å². The van der Waals surface area contributed by atoms with Crippen molar-refractivity contribution in [2.45, 2.75) is 13.8 Å². The Morgan fingerprint density at radius 1 is 0.731 bits per heavy atom. The van der Waals surface area contributed by atoms with Crippen LogP contribution in [0.5, 0.6) is 0 Å². The van der Waals surface area contributed by atoms with Crippen molar-refractivity contribution in [3.05, 3.63) is 59.7 Å². The van der Waals surface area contributed by atoms with Gasteiger partial charge < -0.3 is 0 Å². The summed E-state index contributed by atoms with van der Waals surface area (Å²) in [6.07, 6.45) is 0. The summed E-state index contributed by atoms with van der Waals surface area (Å²) in [6.45, 7) is 4.64. The van der Waals surface area contributed by atoms with Crippen molar-refractivity contribution in [2.75, 3.05) is 37.8 Å². The predicted octanol–water partition coefficient (Wildman–Crippen LogP) is 2.44. The molecule has 4 nitrogen and oxygen atoms in total. The third-order valence-corrected chi connectivity index (χ3v) is 5.53. The Morgan fingerprint density at radius 2 is 1.12 bits per heavy atom. The van der Waals surface area contributed by atoms with E-state index in [1.54, 1.807) is 0 Å². The Morgan fingerprint density at radius 3 is 1.42 bits per heavy atom. The molecule has 26 heavy (non-hydrogen) atoms. The van der Waals surface area contributed by atoms with Crippen LogP contribution in [0.4, 0.5) is 11.4 Å². The molecule has 0 spiro atoms. The molecule has 1 aliphatic rings. The van der Waals surface area contributed by atoms with Crippen LogP contribution >= 0.6 is 0 Å². The Bertz CT molecular complexity index is 746. The van der Waals surface area contributed by atoms with E-state index in [0.717, 1.165) is 4.23 Å². The normalized spacial score (nSPS) is 15.1. The maximum atomic E-state index is 3.59. The minimum absolute atomic E-state index is 0.178. The average molecular weight is 438 g/mol. The van der Waals surface area contributed by atoms with E-state index in [0.29, 0.717) is 0 Å². The second kappa shape index (κ2) is 7.70. The molecule has 3 rings (SSSR count). The van der Waals surface area contributed by atoms with Crippen molar-refractivity contribution in [2.24, 2.45) is 0 Å². The Balaban J connectivity index is 2.14. The zero-order valence-corrected chi connectivity index (χ0v) is 17.9. The van der Waals surface area contributed by atoms with Crippen LogP contribution in [0.1, 0.15) is 11.1 Å². The Kier molecular flexibility index (Phi) is 5.74. The number of anilines is 2. The van der Waals surface area contributed by atoms with Gasteiger partial charge in [0, 0.05) is 0 Å². The summed E-state index contributed by atoms with van der Waals surface area (Å²) in [5, 5.41) is 0. The van der Waals surface area contributed by atoms with Crippen LogP contribution in [0.3, 0.4) is 0 Å². The summed E-state index contributed by atoms with van der Waals surface area (Å²) in [5.41, 5.74) is 4.93. The van der Waals surface area contributed by atoms with E-state index in [1.165, 1.54) is 22.5 Å². The quantitative estimate of drug-likeness (QED) is 0.680. The fraction of sp³-hybridized carbons (Fsp3) is 0.316. The van der Waals surface area contributed by atoms with Gasteiger partial charge in [-0.05, 0) is 0 Å². The third kappa shape index (κ3) is 3.54. The number of hydrogen-bond donors (Lipinski definition) is 0. The van der Waals surface area contributed by atoms with Crippen molar-refractivity contribution in [1.82, 2.24) is 9.62 Å². The number of benzene rings is 2. The van der Waals surface area contributed by atoms with E-state index in [9.17, 15) is 0 Å². The molecule has 1 fully saturated rings. The first-order valence-electron chi connectivity index (χ1n) is 8.85. The molecule has 0 atom stereocenters. The van der Waals surface area contributed by atoms with Crippen LogP contribution in [0.25, 0.3) is 0 Å². The molecule has 1 saturated heterocycles. The summed E-state index contributed by atoms with van der Waals surface area (Å²) in [4.78, 5) is 9.36. The summed E-state index contributed by atoms with van der Waals surface area (Å²) in [5.74, 6) is 0. The molecule has 0 bridgehead atoms. The van der Waals surface area contributed by atoms with Gasteiger partial charge in [-0.2, -0.15) is 0 Å². The first kappa shape index (κ1) is 19.4. The SMILES string of the molecule is Cc1cccc(N2B(N(C)C)B(N(C)C)N(c3cccc(C)c3)[C]2=[Pd])c1. The van der Waals surface area contributed by atoms with E-state index >= 15 is 0 Å². The van der Waals surface area contributed by atoms with Crippen molar-refractivity contribution in [3.63, 3.8) is 0 Å². The van der Waals surface area contributed by atoms with Crippen LogP contribution in [0.15, 0.2) is 48.5 Å². The maximum absolute atomic E-state index is 3.59. The summed E-state index contributed by atoms with van der Waals surface area (Å²) >= 11 is 3.59. The molecule has 7 heteroatoms. The second-order valence-corrected chi connectivity index (χ2v) is 8.11. The summed E-state index contributed by atoms with van der Waals surface area (Å²) < 4.78 is 1.10. The molecule has 0 saturated carbocycles. The van der Waals surface area contributed by atoms with E-state index in [-0.39, 0.29) is 13.7 Å². The van der Waals surface area contributed by atoms with Gasteiger partial charge in [0.1, 0.15) is 0 Å². The van der Waals surface area contributed by atoms with Crippen molar-refractivity contribution in [3.8, 4) is 0 Å². The molecule has 2 aromatic carbocycles. The molecule has 0 amide bonds. The van der Waals surface area contributed by atoms with Crippen molar-refractivity contribution < 1.29 is 18.7 Å². The molecule has 2 aromatic rings. The van der Waals surface area contributed by atoms with Gasteiger partial charge in [0.05, 0.1) is 0 Å². The average Bonchev–Trinajstić information content (AvgIpc) is 2.88. The molecule has 0 radical (unpaired) electrons. The first-order chi connectivity index (χ1) is 12.3. The zero-order chi connectivity index (χ0) is 19.0. The number of aryl methyl sites for hydroxylation is 2. The van der Waals surface area contributed by atoms with E-state index in [4.69, 9.17) is 0 Å². The van der Waals surface area contributed by atoms with Crippen LogP contribution in [-0.4, -0.2) is 55.8 Å². The van der Waals surface area contributed by atoms with Gasteiger partial charge in [0.25, 0.3) is 0 Å². The molecule has 0 N–H and O–H groups in total. The standard InChI is InChI=1S/C19H26B2N4.Pd/c1-16-9-7-11-18(13-16)24-15-25(19-12-8-10-17(2)14-19)21(23(5)6)20(24)22(3)4;/h7-14H,1-6H3;. The number of hydrogen-bond acceptors (Lipinski definition) is 4. The molecule has 138 valence electrons. The van der Waals surface area contributed by atoms with Crippen LogP contribution in [0.2, 0.25) is 0 Å². The number of nitrogens with zero attached hydrogens (tertiary/aromatic N) is 4. The monoisotopic (exact) mass is 438 g/mol. The molecular formula is C19H26B2N4Pd. The molecule has 0 aromatic heterocycles. The van der Waals surface area contributed by atoms with Crippen LogP contribution < -0.4 is 9.62 Å². The van der Waals surface area contributed by atoms with Gasteiger partial charge in [0.2, 0.25) is 0 Å². The van der Waals surface area contributed by atoms with E-state index in [1.807, 2.05) is 0 Å². The molecule has 1 aliphatic heterocycles. The summed E-state index contributed by atoms with van der Waals surface area (Å²) in [6, 6.07) is 17.4. The Labute approximate surface area is 168 Å². The summed E-state index contributed by atoms with van der Waals surface area (Å²) in [7, 11) is 8.59. The fourth-order valence-electron chi connectivity index (χ4n) is 3.64. The van der Waals surface area contributed by atoms with Gasteiger partial charge in [-0.25, -0.2) is 0 Å².